The van der Waals surface area contributed by atoms with Gasteiger partial charge in [-0.3, -0.25) is 0 Å². The summed E-state index contributed by atoms with van der Waals surface area (Å²) in [5, 5.41) is 3.33. The zero-order valence-corrected chi connectivity index (χ0v) is 11.1. The van der Waals surface area contributed by atoms with E-state index in [0.29, 0.717) is 29.4 Å². The molecule has 1 aromatic heterocycles. The molecule has 0 amide bonds. The van der Waals surface area contributed by atoms with Crippen molar-refractivity contribution >= 4 is 29.0 Å². The van der Waals surface area contributed by atoms with Crippen molar-refractivity contribution in [2.45, 2.75) is 6.42 Å². The molecule has 0 atom stereocenters. The maximum Gasteiger partial charge on any atom is 0.224 e. The summed E-state index contributed by atoms with van der Waals surface area (Å²) in [7, 11) is 0. The van der Waals surface area contributed by atoms with Crippen LogP contribution in [-0.2, 0) is 6.42 Å². The molecule has 0 saturated heterocycles. The third-order valence-corrected chi connectivity index (χ3v) is 2.80. The molecule has 0 aliphatic heterocycles. The van der Waals surface area contributed by atoms with Gasteiger partial charge >= 0.3 is 0 Å². The molecular weight excluding hydrogens is 295 g/mol. The van der Waals surface area contributed by atoms with Crippen molar-refractivity contribution in [2.24, 2.45) is 0 Å². The Hall–Kier alpha value is -1.46. The lowest BCUT2D eigenvalue weighted by molar-refractivity contribution is 0.580. The molecular formula is C12H9Cl2F2N3. The predicted molar refractivity (Wildman–Crippen MR) is 70.6 cm³/mol. The fraction of sp³-hybridized carbons (Fsp3) is 0.167. The third kappa shape index (κ3) is 4.01. The van der Waals surface area contributed by atoms with Crippen molar-refractivity contribution in [2.75, 3.05) is 11.9 Å². The zero-order valence-electron chi connectivity index (χ0n) is 9.63. The summed E-state index contributed by atoms with van der Waals surface area (Å²) < 4.78 is 26.0. The van der Waals surface area contributed by atoms with Gasteiger partial charge in [-0.2, -0.15) is 4.98 Å². The van der Waals surface area contributed by atoms with Crippen molar-refractivity contribution in [3.63, 3.8) is 0 Å². The summed E-state index contributed by atoms with van der Waals surface area (Å²) >= 11 is 11.5. The van der Waals surface area contributed by atoms with Gasteiger partial charge in [0.15, 0.2) is 0 Å². The maximum atomic E-state index is 13.0. The molecule has 2 rings (SSSR count). The molecule has 1 heterocycles. The van der Waals surface area contributed by atoms with Gasteiger partial charge in [0.25, 0.3) is 0 Å². The Morgan fingerprint density at radius 1 is 1.11 bits per heavy atom. The van der Waals surface area contributed by atoms with Gasteiger partial charge in [-0.1, -0.05) is 11.6 Å². The number of aromatic nitrogens is 2. The van der Waals surface area contributed by atoms with E-state index in [1.165, 1.54) is 18.3 Å². The molecule has 0 fully saturated rings. The highest BCUT2D eigenvalue weighted by molar-refractivity contribution is 6.33. The van der Waals surface area contributed by atoms with Crippen molar-refractivity contribution in [3.05, 3.63) is 51.9 Å². The molecule has 0 spiro atoms. The van der Waals surface area contributed by atoms with E-state index in [1.54, 1.807) is 0 Å². The van der Waals surface area contributed by atoms with Crippen LogP contribution in [0.4, 0.5) is 14.6 Å². The molecule has 19 heavy (non-hydrogen) atoms. The lowest BCUT2D eigenvalue weighted by atomic mass is 10.1. The van der Waals surface area contributed by atoms with E-state index in [4.69, 9.17) is 23.2 Å². The summed E-state index contributed by atoms with van der Waals surface area (Å²) in [6.45, 7) is 0.413. The minimum atomic E-state index is -0.599. The van der Waals surface area contributed by atoms with Crippen LogP contribution in [0.3, 0.4) is 0 Å². The Balaban J connectivity index is 1.98. The molecule has 3 nitrogen and oxygen atoms in total. The van der Waals surface area contributed by atoms with E-state index in [2.05, 4.69) is 15.3 Å². The highest BCUT2D eigenvalue weighted by Crippen LogP contribution is 2.19. The number of benzene rings is 1. The fourth-order valence-electron chi connectivity index (χ4n) is 1.55. The van der Waals surface area contributed by atoms with Crippen LogP contribution in [0.1, 0.15) is 5.56 Å². The van der Waals surface area contributed by atoms with Gasteiger partial charge in [0.2, 0.25) is 5.28 Å². The number of anilines is 1. The lowest BCUT2D eigenvalue weighted by Gasteiger charge is -2.07. The van der Waals surface area contributed by atoms with E-state index in [-0.39, 0.29) is 5.28 Å². The number of hydrogen-bond acceptors (Lipinski definition) is 3. The lowest BCUT2D eigenvalue weighted by Crippen LogP contribution is -2.07. The van der Waals surface area contributed by atoms with Crippen LogP contribution >= 0.6 is 23.2 Å². The Bertz CT molecular complexity index is 573. The fourth-order valence-corrected chi connectivity index (χ4v) is 1.84. The quantitative estimate of drug-likeness (QED) is 0.875. The molecule has 0 radical (unpaired) electrons. The second kappa shape index (κ2) is 6.12. The summed E-state index contributed by atoms with van der Waals surface area (Å²) in [6, 6.07) is 3.39. The molecule has 0 saturated carbocycles. The van der Waals surface area contributed by atoms with E-state index in [9.17, 15) is 8.78 Å². The molecule has 0 aliphatic carbocycles. The van der Waals surface area contributed by atoms with Crippen LogP contribution in [0.5, 0.6) is 0 Å². The molecule has 0 bridgehead atoms. The van der Waals surface area contributed by atoms with Gasteiger partial charge in [-0.15, -0.1) is 0 Å². The number of rotatable bonds is 4. The largest absolute Gasteiger partial charge is 0.368 e. The van der Waals surface area contributed by atoms with Gasteiger partial charge in [-0.05, 0) is 35.7 Å². The molecule has 0 unspecified atom stereocenters. The Labute approximate surface area is 118 Å². The van der Waals surface area contributed by atoms with Crippen LogP contribution in [0.15, 0.2) is 24.4 Å². The highest BCUT2D eigenvalue weighted by atomic mass is 35.5. The van der Waals surface area contributed by atoms with Gasteiger partial charge in [0, 0.05) is 12.6 Å². The number of nitrogens with one attached hydrogen (secondary N) is 1. The van der Waals surface area contributed by atoms with Crippen molar-refractivity contribution in [3.8, 4) is 0 Å². The van der Waals surface area contributed by atoms with Crippen LogP contribution in [-0.4, -0.2) is 16.5 Å². The van der Waals surface area contributed by atoms with Crippen molar-refractivity contribution in [1.29, 1.82) is 0 Å². The molecule has 0 aliphatic rings. The standard InChI is InChI=1S/C12H9Cl2F2N3/c13-10-6-18-12(14)19-11(10)17-2-1-7-3-8(15)5-9(16)4-7/h3-6H,1-2H2,(H,17,18,19). The summed E-state index contributed by atoms with van der Waals surface area (Å²) in [5.41, 5.74) is 0.543. The van der Waals surface area contributed by atoms with Crippen LogP contribution < -0.4 is 5.32 Å². The van der Waals surface area contributed by atoms with Gasteiger partial charge in [-0.25, -0.2) is 13.8 Å². The van der Waals surface area contributed by atoms with E-state index in [0.717, 1.165) is 6.07 Å². The van der Waals surface area contributed by atoms with E-state index < -0.39 is 11.6 Å². The van der Waals surface area contributed by atoms with Crippen LogP contribution in [0.25, 0.3) is 0 Å². The van der Waals surface area contributed by atoms with Crippen molar-refractivity contribution < 1.29 is 8.78 Å². The summed E-state index contributed by atoms with van der Waals surface area (Å²) in [5.74, 6) is -0.810. The first kappa shape index (κ1) is 14.0. The van der Waals surface area contributed by atoms with E-state index >= 15 is 0 Å². The Kier molecular flexibility index (Phi) is 4.50. The Morgan fingerprint density at radius 2 is 1.79 bits per heavy atom. The monoisotopic (exact) mass is 303 g/mol. The number of halogens is 4. The molecule has 1 aromatic carbocycles. The maximum absolute atomic E-state index is 13.0. The van der Waals surface area contributed by atoms with Crippen LogP contribution in [0, 0.1) is 11.6 Å². The average Bonchev–Trinajstić information content (AvgIpc) is 2.32. The first-order valence-corrected chi connectivity index (χ1v) is 6.17. The second-order valence-corrected chi connectivity index (χ2v) is 4.54. The number of hydrogen-bond donors (Lipinski definition) is 1. The normalized spacial score (nSPS) is 10.5. The van der Waals surface area contributed by atoms with E-state index in [1.807, 2.05) is 0 Å². The molecule has 1 N–H and O–H groups in total. The SMILES string of the molecule is Fc1cc(F)cc(CCNc2nc(Cl)ncc2Cl)c1. The highest BCUT2D eigenvalue weighted by Gasteiger charge is 2.04. The first-order chi connectivity index (χ1) is 9.04. The summed E-state index contributed by atoms with van der Waals surface area (Å²) in [6.07, 6.45) is 1.80. The Morgan fingerprint density at radius 3 is 2.47 bits per heavy atom. The summed E-state index contributed by atoms with van der Waals surface area (Å²) in [4.78, 5) is 7.61. The van der Waals surface area contributed by atoms with Gasteiger partial charge in [0.1, 0.15) is 22.5 Å². The minimum absolute atomic E-state index is 0.0729. The number of nitrogens with zero attached hydrogens (tertiary/aromatic N) is 2. The third-order valence-electron chi connectivity index (χ3n) is 2.34. The van der Waals surface area contributed by atoms with Gasteiger partial charge < -0.3 is 5.32 Å². The van der Waals surface area contributed by atoms with Crippen molar-refractivity contribution in [1.82, 2.24) is 9.97 Å². The topological polar surface area (TPSA) is 37.8 Å². The predicted octanol–water partition coefficient (Wildman–Crippen LogP) is 3.72. The zero-order chi connectivity index (χ0) is 13.8. The van der Waals surface area contributed by atoms with Crippen LogP contribution in [0.2, 0.25) is 10.3 Å². The second-order valence-electron chi connectivity index (χ2n) is 3.79. The molecule has 100 valence electrons. The minimum Gasteiger partial charge on any atom is -0.368 e. The van der Waals surface area contributed by atoms with Gasteiger partial charge in [0.05, 0.1) is 6.20 Å². The smallest absolute Gasteiger partial charge is 0.224 e. The average molecular weight is 304 g/mol. The molecule has 7 heteroatoms. The molecule has 2 aromatic rings. The first-order valence-electron chi connectivity index (χ1n) is 5.41.